The number of hydrogen-bond acceptors (Lipinski definition) is 3. The third-order valence-electron chi connectivity index (χ3n) is 2.44. The summed E-state index contributed by atoms with van der Waals surface area (Å²) in [6, 6.07) is 5.46. The van der Waals surface area contributed by atoms with Crippen molar-refractivity contribution in [2.45, 2.75) is 18.9 Å². The van der Waals surface area contributed by atoms with Gasteiger partial charge in [0.1, 0.15) is 5.75 Å². The van der Waals surface area contributed by atoms with Crippen molar-refractivity contribution in [3.63, 3.8) is 0 Å². The lowest BCUT2D eigenvalue weighted by atomic mass is 9.98. The maximum absolute atomic E-state index is 9.24. The number of aromatic hydroxyl groups is 1. The van der Waals surface area contributed by atoms with Crippen LogP contribution in [0.5, 0.6) is 5.75 Å². The fourth-order valence-corrected chi connectivity index (χ4v) is 1.68. The summed E-state index contributed by atoms with van der Waals surface area (Å²) >= 11 is 0. The van der Waals surface area contributed by atoms with Gasteiger partial charge in [-0.3, -0.25) is 0 Å². The Bertz CT molecular complexity index is 312. The molecule has 0 aromatic heterocycles. The van der Waals surface area contributed by atoms with E-state index in [4.69, 9.17) is 5.11 Å². The van der Waals surface area contributed by atoms with Gasteiger partial charge >= 0.3 is 0 Å². The molecule has 70 valence electrons. The van der Waals surface area contributed by atoms with Crippen LogP contribution in [0.3, 0.4) is 0 Å². The van der Waals surface area contributed by atoms with Gasteiger partial charge in [-0.2, -0.15) is 0 Å². The minimum Gasteiger partial charge on any atom is -0.508 e. The van der Waals surface area contributed by atoms with Crippen molar-refractivity contribution in [2.24, 2.45) is 0 Å². The van der Waals surface area contributed by atoms with E-state index in [9.17, 15) is 5.11 Å². The van der Waals surface area contributed by atoms with Gasteiger partial charge in [0.2, 0.25) is 0 Å². The highest BCUT2D eigenvalue weighted by molar-refractivity contribution is 5.57. The number of fused-ring (bicyclic) bond motifs is 1. The van der Waals surface area contributed by atoms with Gasteiger partial charge in [-0.15, -0.1) is 0 Å². The van der Waals surface area contributed by atoms with Crippen LogP contribution < -0.4 is 5.32 Å². The first-order valence-electron chi connectivity index (χ1n) is 4.49. The molecule has 3 N–H and O–H groups in total. The molecule has 13 heavy (non-hydrogen) atoms. The molecule has 2 rings (SSSR count). The first-order valence-corrected chi connectivity index (χ1v) is 4.49. The highest BCUT2D eigenvalue weighted by atomic mass is 16.3. The molecule has 1 aliphatic heterocycles. The van der Waals surface area contributed by atoms with Crippen LogP contribution in [0.15, 0.2) is 18.2 Å². The Morgan fingerprint density at radius 3 is 3.08 bits per heavy atom. The molecule has 0 bridgehead atoms. The van der Waals surface area contributed by atoms with E-state index < -0.39 is 0 Å². The van der Waals surface area contributed by atoms with E-state index in [1.165, 1.54) is 5.56 Å². The average Bonchev–Trinajstić information content (AvgIpc) is 2.16. The van der Waals surface area contributed by atoms with Crippen molar-refractivity contribution in [1.82, 2.24) is 0 Å². The molecule has 3 heteroatoms. The van der Waals surface area contributed by atoms with Gasteiger partial charge in [0.15, 0.2) is 0 Å². The van der Waals surface area contributed by atoms with E-state index in [2.05, 4.69) is 5.32 Å². The molecule has 1 heterocycles. The van der Waals surface area contributed by atoms with Crippen molar-refractivity contribution >= 4 is 5.69 Å². The second kappa shape index (κ2) is 3.26. The SMILES string of the molecule is OC[C@H]1CCc2ccc(O)cc2N1. The lowest BCUT2D eigenvalue weighted by Gasteiger charge is -2.25. The molecule has 0 fully saturated rings. The van der Waals surface area contributed by atoms with Crippen LogP contribution in [0.4, 0.5) is 5.69 Å². The second-order valence-corrected chi connectivity index (χ2v) is 3.40. The number of rotatable bonds is 1. The van der Waals surface area contributed by atoms with Gasteiger partial charge in [0, 0.05) is 17.8 Å². The summed E-state index contributed by atoms with van der Waals surface area (Å²) in [5.41, 5.74) is 2.16. The number of hydrogen-bond donors (Lipinski definition) is 3. The number of aliphatic hydroxyl groups is 1. The molecular formula is C10H13NO2. The molecule has 0 unspecified atom stereocenters. The summed E-state index contributed by atoms with van der Waals surface area (Å²) in [6.07, 6.45) is 1.92. The summed E-state index contributed by atoms with van der Waals surface area (Å²) in [4.78, 5) is 0. The zero-order chi connectivity index (χ0) is 9.26. The molecule has 0 radical (unpaired) electrons. The van der Waals surface area contributed by atoms with Crippen LogP contribution in [0.25, 0.3) is 0 Å². The molecule has 1 atom stereocenters. The molecular weight excluding hydrogens is 166 g/mol. The summed E-state index contributed by atoms with van der Waals surface area (Å²) in [5.74, 6) is 0.268. The molecule has 0 aliphatic carbocycles. The normalized spacial score (nSPS) is 20.5. The van der Waals surface area contributed by atoms with Gasteiger partial charge in [-0.05, 0) is 24.5 Å². The lowest BCUT2D eigenvalue weighted by Crippen LogP contribution is -2.28. The van der Waals surface area contributed by atoms with Crippen LogP contribution in [0, 0.1) is 0 Å². The van der Waals surface area contributed by atoms with Crippen LogP contribution in [-0.4, -0.2) is 22.9 Å². The second-order valence-electron chi connectivity index (χ2n) is 3.40. The average molecular weight is 179 g/mol. The first-order chi connectivity index (χ1) is 6.29. The zero-order valence-electron chi connectivity index (χ0n) is 7.33. The first kappa shape index (κ1) is 8.38. The summed E-state index contributed by atoms with van der Waals surface area (Å²) in [7, 11) is 0. The summed E-state index contributed by atoms with van der Waals surface area (Å²) in [6.45, 7) is 0.148. The number of nitrogens with one attached hydrogen (secondary N) is 1. The van der Waals surface area contributed by atoms with Gasteiger partial charge < -0.3 is 15.5 Å². The summed E-state index contributed by atoms with van der Waals surface area (Å²) < 4.78 is 0. The van der Waals surface area contributed by atoms with Gasteiger partial charge in [0.05, 0.1) is 6.61 Å². The topological polar surface area (TPSA) is 52.5 Å². The number of phenolic OH excluding ortho intramolecular Hbond substituents is 1. The quantitative estimate of drug-likeness (QED) is 0.605. The fourth-order valence-electron chi connectivity index (χ4n) is 1.68. The lowest BCUT2D eigenvalue weighted by molar-refractivity contribution is 0.267. The Kier molecular flexibility index (Phi) is 2.10. The predicted octanol–water partition coefficient (Wildman–Crippen LogP) is 1.11. The molecule has 1 aromatic carbocycles. The number of aliphatic hydroxyl groups excluding tert-OH is 1. The molecule has 1 aliphatic rings. The highest BCUT2D eigenvalue weighted by Crippen LogP contribution is 2.27. The van der Waals surface area contributed by atoms with Crippen LogP contribution in [0.1, 0.15) is 12.0 Å². The molecule has 0 spiro atoms. The van der Waals surface area contributed by atoms with Crippen LogP contribution >= 0.6 is 0 Å². The van der Waals surface area contributed by atoms with E-state index in [-0.39, 0.29) is 18.4 Å². The third kappa shape index (κ3) is 1.60. The third-order valence-corrected chi connectivity index (χ3v) is 2.44. The van der Waals surface area contributed by atoms with E-state index >= 15 is 0 Å². The van der Waals surface area contributed by atoms with Gasteiger partial charge in [0.25, 0.3) is 0 Å². The summed E-state index contributed by atoms with van der Waals surface area (Å²) in [5, 5.41) is 21.4. The van der Waals surface area contributed by atoms with E-state index in [0.717, 1.165) is 18.5 Å². The van der Waals surface area contributed by atoms with E-state index in [1.807, 2.05) is 6.07 Å². The minimum atomic E-state index is 0.134. The number of anilines is 1. The Labute approximate surface area is 77.0 Å². The van der Waals surface area contributed by atoms with Crippen molar-refractivity contribution in [3.8, 4) is 5.75 Å². The maximum Gasteiger partial charge on any atom is 0.117 e. The van der Waals surface area contributed by atoms with Crippen LogP contribution in [-0.2, 0) is 6.42 Å². The Balaban J connectivity index is 2.27. The molecule has 3 nitrogen and oxygen atoms in total. The Morgan fingerprint density at radius 1 is 1.46 bits per heavy atom. The van der Waals surface area contributed by atoms with Gasteiger partial charge in [-0.1, -0.05) is 6.07 Å². The fraction of sp³-hybridized carbons (Fsp3) is 0.400. The van der Waals surface area contributed by atoms with Crippen molar-refractivity contribution in [3.05, 3.63) is 23.8 Å². The Hall–Kier alpha value is -1.22. The largest absolute Gasteiger partial charge is 0.508 e. The monoisotopic (exact) mass is 179 g/mol. The van der Waals surface area contributed by atoms with Crippen LogP contribution in [0.2, 0.25) is 0 Å². The minimum absolute atomic E-state index is 0.134. The highest BCUT2D eigenvalue weighted by Gasteiger charge is 2.16. The number of phenols is 1. The van der Waals surface area contributed by atoms with E-state index in [0.29, 0.717) is 0 Å². The molecule has 0 amide bonds. The maximum atomic E-state index is 9.24. The number of aryl methyl sites for hydroxylation is 1. The van der Waals surface area contributed by atoms with E-state index in [1.54, 1.807) is 12.1 Å². The predicted molar refractivity (Wildman–Crippen MR) is 50.9 cm³/mol. The molecule has 1 aromatic rings. The van der Waals surface area contributed by atoms with Crippen molar-refractivity contribution in [2.75, 3.05) is 11.9 Å². The smallest absolute Gasteiger partial charge is 0.117 e. The van der Waals surface area contributed by atoms with Gasteiger partial charge in [-0.25, -0.2) is 0 Å². The van der Waals surface area contributed by atoms with Crippen molar-refractivity contribution < 1.29 is 10.2 Å². The zero-order valence-corrected chi connectivity index (χ0v) is 7.33. The molecule has 0 saturated carbocycles. The standard InChI is InChI=1S/C10H13NO2/c12-6-8-3-1-7-2-4-9(13)5-10(7)11-8/h2,4-5,8,11-13H,1,3,6H2/t8-/m1/s1. The Morgan fingerprint density at radius 2 is 2.31 bits per heavy atom. The molecule has 0 saturated heterocycles. The number of benzene rings is 1. The van der Waals surface area contributed by atoms with Crippen molar-refractivity contribution in [1.29, 1.82) is 0 Å².